The summed E-state index contributed by atoms with van der Waals surface area (Å²) in [4.78, 5) is -0.00866. The first-order valence-corrected chi connectivity index (χ1v) is 6.25. The summed E-state index contributed by atoms with van der Waals surface area (Å²) in [7, 11) is -2.97. The van der Waals surface area contributed by atoms with E-state index in [1.54, 1.807) is 0 Å². The summed E-state index contributed by atoms with van der Waals surface area (Å²) in [5.74, 6) is -0.532. The molecule has 14 heavy (non-hydrogen) atoms. The lowest BCUT2D eigenvalue weighted by molar-refractivity contribution is 0.593. The molecule has 1 unspecified atom stereocenters. The maximum absolute atomic E-state index is 13.4. The highest BCUT2D eigenvalue weighted by atomic mass is 32.2. The topological polar surface area (TPSA) is 53.0 Å². The van der Waals surface area contributed by atoms with Gasteiger partial charge in [-0.25, -0.2) is 13.4 Å². The van der Waals surface area contributed by atoms with Crippen LogP contribution in [-0.4, -0.2) is 17.0 Å². The molecule has 0 saturated heterocycles. The van der Waals surface area contributed by atoms with Gasteiger partial charge in [-0.2, -0.15) is 0 Å². The number of fused-ring (bicyclic) bond motifs is 1. The molecule has 76 valence electrons. The Hall–Kier alpha value is -1.10. The Morgan fingerprint density at radius 2 is 2.29 bits per heavy atom. The zero-order chi connectivity index (χ0) is 10.3. The van der Waals surface area contributed by atoms with E-state index >= 15 is 0 Å². The van der Waals surface area contributed by atoms with Crippen LogP contribution in [0.15, 0.2) is 17.0 Å². The molecule has 1 atom stereocenters. The molecule has 0 amide bonds. The Morgan fingerprint density at radius 3 is 2.93 bits per heavy atom. The van der Waals surface area contributed by atoms with Gasteiger partial charge in [0.25, 0.3) is 0 Å². The van der Waals surface area contributed by atoms with Gasteiger partial charge in [0.15, 0.2) is 0 Å². The molecule has 2 N–H and O–H groups in total. The predicted octanol–water partition coefficient (Wildman–Crippen LogP) is 1.83. The van der Waals surface area contributed by atoms with Crippen molar-refractivity contribution in [3.8, 4) is 0 Å². The highest BCUT2D eigenvalue weighted by Gasteiger charge is 2.17. The lowest BCUT2D eigenvalue weighted by Gasteiger charge is -2.06. The average molecular weight is 214 g/mol. The normalized spacial score (nSPS) is 18.4. The van der Waals surface area contributed by atoms with Crippen LogP contribution in [0.5, 0.6) is 0 Å². The van der Waals surface area contributed by atoms with E-state index in [2.05, 4.69) is 5.32 Å². The van der Waals surface area contributed by atoms with Crippen LogP contribution in [0.25, 0.3) is 0 Å². The number of anilines is 1. The zero-order valence-electron chi connectivity index (χ0n) is 7.76. The fourth-order valence-electron chi connectivity index (χ4n) is 1.60. The van der Waals surface area contributed by atoms with E-state index in [1.165, 1.54) is 18.4 Å². The van der Waals surface area contributed by atoms with Gasteiger partial charge in [0, 0.05) is 18.5 Å². The Morgan fingerprint density at radius 1 is 1.57 bits per heavy atom. The molecule has 0 aromatic heterocycles. The van der Waals surface area contributed by atoms with E-state index in [0.29, 0.717) is 0 Å². The second kappa shape index (κ2) is 2.95. The zero-order valence-corrected chi connectivity index (χ0v) is 8.58. The van der Waals surface area contributed by atoms with Crippen molar-refractivity contribution in [2.75, 3.05) is 18.1 Å². The van der Waals surface area contributed by atoms with Gasteiger partial charge in [-0.15, -0.1) is 0 Å². The van der Waals surface area contributed by atoms with Crippen LogP contribution in [0.4, 0.5) is 10.1 Å². The largest absolute Gasteiger partial charge is 0.384 e. The van der Waals surface area contributed by atoms with Gasteiger partial charge >= 0.3 is 0 Å². The highest BCUT2D eigenvalue weighted by Crippen LogP contribution is 2.27. The lowest BCUT2D eigenvalue weighted by atomic mass is 10.2. The van der Waals surface area contributed by atoms with E-state index < -0.39 is 15.5 Å². The van der Waals surface area contributed by atoms with Crippen LogP contribution >= 0.6 is 0 Å². The molecule has 0 spiro atoms. The van der Waals surface area contributed by atoms with Gasteiger partial charge in [-0.05, 0) is 24.1 Å². The van der Waals surface area contributed by atoms with Crippen LogP contribution in [0, 0.1) is 10.6 Å². The molecule has 5 heteroatoms. The van der Waals surface area contributed by atoms with Crippen LogP contribution in [-0.2, 0) is 16.1 Å². The molecule has 1 aromatic carbocycles. The molecule has 1 aromatic rings. The predicted molar refractivity (Wildman–Crippen MR) is 53.6 cm³/mol. The minimum atomic E-state index is -2.97. The maximum atomic E-state index is 13.4. The summed E-state index contributed by atoms with van der Waals surface area (Å²) in [5, 5.41) is 3.06. The van der Waals surface area contributed by atoms with Crippen molar-refractivity contribution >= 4 is 15.4 Å². The van der Waals surface area contributed by atoms with Gasteiger partial charge in [-0.1, -0.05) is 0 Å². The Labute approximate surface area is 82.3 Å². The Bertz CT molecular complexity index is 482. The Balaban J connectivity index is 2.65. The average Bonchev–Trinajstić information content (AvgIpc) is 2.47. The number of benzene rings is 1. The smallest absolute Gasteiger partial charge is 0.140 e. The van der Waals surface area contributed by atoms with E-state index in [1.807, 2.05) is 0 Å². The lowest BCUT2D eigenvalue weighted by Crippen LogP contribution is -2.00. The molecule has 1 aliphatic heterocycles. The highest BCUT2D eigenvalue weighted by molar-refractivity contribution is 7.91. The molecule has 0 saturated carbocycles. The summed E-state index contributed by atoms with van der Waals surface area (Å²) in [6, 6.07) is 2.87. The van der Waals surface area contributed by atoms with Crippen molar-refractivity contribution in [2.24, 2.45) is 0 Å². The standard InChI is InChI=1S/C9H11FN2OS/c1-14(11,13)9-5-8-6(2-3-12-8)4-7(9)10/h4-5,11-12H,2-3H2,1H3. The van der Waals surface area contributed by atoms with Gasteiger partial charge in [0.1, 0.15) is 5.82 Å². The monoisotopic (exact) mass is 214 g/mol. The summed E-state index contributed by atoms with van der Waals surface area (Å²) in [6.07, 6.45) is 2.02. The van der Waals surface area contributed by atoms with Crippen molar-refractivity contribution in [1.29, 1.82) is 4.78 Å². The molecule has 1 aliphatic rings. The van der Waals surface area contributed by atoms with E-state index in [9.17, 15) is 8.60 Å². The van der Waals surface area contributed by atoms with Gasteiger partial charge in [0.2, 0.25) is 0 Å². The molecule has 2 rings (SSSR count). The summed E-state index contributed by atoms with van der Waals surface area (Å²) in [6.45, 7) is 0.779. The van der Waals surface area contributed by atoms with Gasteiger partial charge < -0.3 is 5.32 Å². The summed E-state index contributed by atoms with van der Waals surface area (Å²) < 4.78 is 32.2. The van der Waals surface area contributed by atoms with Crippen molar-refractivity contribution in [3.05, 3.63) is 23.5 Å². The third-order valence-corrected chi connectivity index (χ3v) is 3.44. The van der Waals surface area contributed by atoms with Crippen molar-refractivity contribution in [1.82, 2.24) is 0 Å². The Kier molecular flexibility index (Phi) is 1.99. The molecule has 0 fully saturated rings. The van der Waals surface area contributed by atoms with Gasteiger partial charge in [-0.3, -0.25) is 0 Å². The number of nitrogens with one attached hydrogen (secondary N) is 2. The van der Waals surface area contributed by atoms with Crippen molar-refractivity contribution in [3.63, 3.8) is 0 Å². The first kappa shape index (κ1) is 9.45. The third kappa shape index (κ3) is 1.48. The van der Waals surface area contributed by atoms with Crippen LogP contribution in [0.3, 0.4) is 0 Å². The number of hydrogen-bond donors (Lipinski definition) is 2. The summed E-state index contributed by atoms with van der Waals surface area (Å²) in [5.41, 5.74) is 1.71. The van der Waals surface area contributed by atoms with E-state index in [0.717, 1.165) is 24.2 Å². The van der Waals surface area contributed by atoms with E-state index in [4.69, 9.17) is 4.78 Å². The molecule has 1 heterocycles. The molecule has 0 aliphatic carbocycles. The van der Waals surface area contributed by atoms with Crippen LogP contribution in [0.1, 0.15) is 5.56 Å². The molecule has 3 nitrogen and oxygen atoms in total. The minimum Gasteiger partial charge on any atom is -0.384 e. The fraction of sp³-hybridized carbons (Fsp3) is 0.333. The molecular weight excluding hydrogens is 203 g/mol. The number of rotatable bonds is 1. The van der Waals surface area contributed by atoms with Crippen LogP contribution < -0.4 is 5.32 Å². The second-order valence-electron chi connectivity index (χ2n) is 3.46. The third-order valence-electron chi connectivity index (χ3n) is 2.29. The second-order valence-corrected chi connectivity index (χ2v) is 5.59. The minimum absolute atomic E-state index is 0.00866. The first-order chi connectivity index (χ1) is 6.48. The quantitative estimate of drug-likeness (QED) is 0.749. The molecule has 0 radical (unpaired) electrons. The number of hydrogen-bond acceptors (Lipinski definition) is 3. The van der Waals surface area contributed by atoms with Crippen molar-refractivity contribution < 1.29 is 8.60 Å². The summed E-state index contributed by atoms with van der Waals surface area (Å²) >= 11 is 0. The van der Waals surface area contributed by atoms with E-state index in [-0.39, 0.29) is 4.90 Å². The van der Waals surface area contributed by atoms with Gasteiger partial charge in [0.05, 0.1) is 14.6 Å². The number of halogens is 1. The first-order valence-electron chi connectivity index (χ1n) is 4.28. The molecule has 0 bridgehead atoms. The maximum Gasteiger partial charge on any atom is 0.140 e. The fourth-order valence-corrected chi connectivity index (χ4v) is 2.37. The van der Waals surface area contributed by atoms with Crippen LogP contribution in [0.2, 0.25) is 0 Å². The molecular formula is C9H11FN2OS. The van der Waals surface area contributed by atoms with Crippen molar-refractivity contribution in [2.45, 2.75) is 11.3 Å². The SMILES string of the molecule is CS(=N)(=O)c1cc2c(cc1F)CCN2.